The third-order valence-electron chi connectivity index (χ3n) is 3.83. The second kappa shape index (κ2) is 13.1. The van der Waals surface area contributed by atoms with Crippen molar-refractivity contribution >= 4 is 0 Å². The molecule has 0 rings (SSSR count). The lowest BCUT2D eigenvalue weighted by Crippen LogP contribution is -2.52. The summed E-state index contributed by atoms with van der Waals surface area (Å²) in [5, 5.41) is 10.0. The van der Waals surface area contributed by atoms with Crippen LogP contribution in [-0.4, -0.2) is 36.0 Å². The molecule has 0 aromatic heterocycles. The molecule has 146 valence electrons. The van der Waals surface area contributed by atoms with Gasteiger partial charge in [-0.2, -0.15) is 0 Å². The maximum absolute atomic E-state index is 10.0. The molecule has 0 bridgehead atoms. The summed E-state index contributed by atoms with van der Waals surface area (Å²) in [7, 11) is 0. The van der Waals surface area contributed by atoms with Crippen LogP contribution in [0.5, 0.6) is 0 Å². The van der Waals surface area contributed by atoms with Gasteiger partial charge in [-0.3, -0.25) is 0 Å². The van der Waals surface area contributed by atoms with Crippen molar-refractivity contribution < 1.29 is 19.3 Å². The molecular formula is C20H42O4. The molecule has 0 heterocycles. The molecule has 4 nitrogen and oxygen atoms in total. The van der Waals surface area contributed by atoms with Gasteiger partial charge in [0.2, 0.25) is 0 Å². The quantitative estimate of drug-likeness (QED) is 0.324. The lowest BCUT2D eigenvalue weighted by atomic mass is 9.97. The first-order chi connectivity index (χ1) is 11.3. The third kappa shape index (κ3) is 9.97. The predicted octanol–water partition coefficient (Wildman–Crippen LogP) is 5.27. The van der Waals surface area contributed by atoms with Crippen molar-refractivity contribution in [3.05, 3.63) is 0 Å². The second-order valence-corrected chi connectivity index (χ2v) is 7.54. The van der Waals surface area contributed by atoms with E-state index in [1.165, 1.54) is 32.1 Å². The Bertz CT molecular complexity index is 263. The van der Waals surface area contributed by atoms with E-state index in [4.69, 9.17) is 14.2 Å². The third-order valence-corrected chi connectivity index (χ3v) is 3.83. The van der Waals surface area contributed by atoms with E-state index >= 15 is 0 Å². The van der Waals surface area contributed by atoms with Crippen LogP contribution in [0.1, 0.15) is 93.4 Å². The van der Waals surface area contributed by atoms with Gasteiger partial charge in [0.05, 0.1) is 30.8 Å². The topological polar surface area (TPSA) is 47.9 Å². The maximum Gasteiger partial charge on any atom is 0.288 e. The summed E-state index contributed by atoms with van der Waals surface area (Å²) < 4.78 is 18.3. The predicted molar refractivity (Wildman–Crippen MR) is 100.0 cm³/mol. The molecule has 0 aliphatic heterocycles. The van der Waals surface area contributed by atoms with Crippen molar-refractivity contribution in [2.24, 2.45) is 5.92 Å². The number of aliphatic hydroxyl groups excluding tert-OH is 1. The van der Waals surface area contributed by atoms with Crippen LogP contribution < -0.4 is 0 Å². The summed E-state index contributed by atoms with van der Waals surface area (Å²) in [6.07, 6.45) is 8.06. The van der Waals surface area contributed by atoms with Gasteiger partial charge in [0.1, 0.15) is 0 Å². The summed E-state index contributed by atoms with van der Waals surface area (Å²) >= 11 is 0. The number of hydrogen-bond donors (Lipinski definition) is 1. The Morgan fingerprint density at radius 3 is 1.50 bits per heavy atom. The van der Waals surface area contributed by atoms with Crippen LogP contribution in [0.15, 0.2) is 0 Å². The molecule has 0 amide bonds. The zero-order valence-electron chi connectivity index (χ0n) is 17.1. The van der Waals surface area contributed by atoms with Crippen molar-refractivity contribution in [1.29, 1.82) is 0 Å². The van der Waals surface area contributed by atoms with Gasteiger partial charge in [-0.05, 0) is 48.0 Å². The smallest absolute Gasteiger partial charge is 0.288 e. The van der Waals surface area contributed by atoms with Crippen molar-refractivity contribution in [2.45, 2.75) is 118 Å². The fourth-order valence-electron chi connectivity index (χ4n) is 2.91. The van der Waals surface area contributed by atoms with Crippen molar-refractivity contribution in [3.8, 4) is 0 Å². The summed E-state index contributed by atoms with van der Waals surface area (Å²) in [4.78, 5) is 0. The highest BCUT2D eigenvalue weighted by molar-refractivity contribution is 4.74. The monoisotopic (exact) mass is 346 g/mol. The lowest BCUT2D eigenvalue weighted by molar-refractivity contribution is -0.434. The fraction of sp³-hybridized carbons (Fsp3) is 1.00. The van der Waals surface area contributed by atoms with Gasteiger partial charge < -0.3 is 19.3 Å². The van der Waals surface area contributed by atoms with Gasteiger partial charge in [0, 0.05) is 0 Å². The van der Waals surface area contributed by atoms with E-state index in [0.29, 0.717) is 0 Å². The van der Waals surface area contributed by atoms with Crippen LogP contribution in [0.4, 0.5) is 0 Å². The van der Waals surface area contributed by atoms with Crippen LogP contribution in [0.3, 0.4) is 0 Å². The molecule has 0 spiro atoms. The largest absolute Gasteiger partial charge is 0.396 e. The van der Waals surface area contributed by atoms with Gasteiger partial charge in [0.25, 0.3) is 5.97 Å². The molecule has 0 fully saturated rings. The van der Waals surface area contributed by atoms with Crippen LogP contribution in [0.25, 0.3) is 0 Å². The van der Waals surface area contributed by atoms with E-state index in [0.717, 1.165) is 12.8 Å². The average molecular weight is 347 g/mol. The molecular weight excluding hydrogens is 304 g/mol. The lowest BCUT2D eigenvalue weighted by Gasteiger charge is -2.42. The van der Waals surface area contributed by atoms with Crippen LogP contribution in [0, 0.1) is 5.92 Å². The first-order valence-electron chi connectivity index (χ1n) is 9.91. The number of ether oxygens (including phenoxy) is 3. The number of rotatable bonds is 15. The Kier molecular flexibility index (Phi) is 13.0. The van der Waals surface area contributed by atoms with Crippen LogP contribution >= 0.6 is 0 Å². The van der Waals surface area contributed by atoms with Crippen molar-refractivity contribution in [3.63, 3.8) is 0 Å². The first-order valence-corrected chi connectivity index (χ1v) is 9.91. The van der Waals surface area contributed by atoms with E-state index in [2.05, 4.69) is 6.92 Å². The van der Waals surface area contributed by atoms with Gasteiger partial charge in [-0.25, -0.2) is 0 Å². The molecule has 0 saturated heterocycles. The Labute approximate surface area is 150 Å². The normalized spacial score (nSPS) is 14.1. The fourth-order valence-corrected chi connectivity index (χ4v) is 2.91. The molecule has 4 heteroatoms. The van der Waals surface area contributed by atoms with E-state index in [1.807, 2.05) is 41.5 Å². The number of aliphatic hydroxyl groups is 1. The molecule has 0 aromatic rings. The Morgan fingerprint density at radius 2 is 1.12 bits per heavy atom. The zero-order chi connectivity index (χ0) is 18.6. The molecule has 1 unspecified atom stereocenters. The molecule has 0 saturated carbocycles. The van der Waals surface area contributed by atoms with E-state index < -0.39 is 5.97 Å². The molecule has 24 heavy (non-hydrogen) atoms. The van der Waals surface area contributed by atoms with Gasteiger partial charge in [0.15, 0.2) is 0 Å². The molecule has 0 aliphatic rings. The first kappa shape index (κ1) is 23.8. The van der Waals surface area contributed by atoms with Crippen molar-refractivity contribution in [1.82, 2.24) is 0 Å². The standard InChI is InChI=1S/C20H42O4/c1-8-9-10-11-12-13-14-19(15-21)20(22-16(2)3,23-17(4)5)24-18(6)7/h16-19,21H,8-15H2,1-7H3. The minimum absolute atomic E-state index is 0.00111. The maximum atomic E-state index is 10.0. The van der Waals surface area contributed by atoms with Crippen LogP contribution in [-0.2, 0) is 14.2 Å². The molecule has 0 aromatic carbocycles. The number of unbranched alkanes of at least 4 members (excludes halogenated alkanes) is 5. The SMILES string of the molecule is CCCCCCCCC(CO)C(OC(C)C)(OC(C)C)OC(C)C. The minimum atomic E-state index is -1.17. The van der Waals surface area contributed by atoms with Gasteiger partial charge >= 0.3 is 0 Å². The highest BCUT2D eigenvalue weighted by Crippen LogP contribution is 2.33. The molecule has 0 aliphatic carbocycles. The Balaban J connectivity index is 4.94. The Hall–Kier alpha value is -0.160. The van der Waals surface area contributed by atoms with E-state index in [-0.39, 0.29) is 30.8 Å². The summed E-state index contributed by atoms with van der Waals surface area (Å²) in [5.74, 6) is -1.36. The molecule has 1 N–H and O–H groups in total. The van der Waals surface area contributed by atoms with Gasteiger partial charge in [-0.1, -0.05) is 45.4 Å². The summed E-state index contributed by atoms with van der Waals surface area (Å²) in [5.41, 5.74) is 0. The molecule has 0 radical (unpaired) electrons. The summed E-state index contributed by atoms with van der Waals surface area (Å²) in [6.45, 7) is 14.1. The van der Waals surface area contributed by atoms with E-state index in [9.17, 15) is 5.11 Å². The van der Waals surface area contributed by atoms with Gasteiger partial charge in [-0.15, -0.1) is 0 Å². The minimum Gasteiger partial charge on any atom is -0.396 e. The number of hydrogen-bond acceptors (Lipinski definition) is 4. The highest BCUT2D eigenvalue weighted by Gasteiger charge is 2.44. The van der Waals surface area contributed by atoms with Crippen LogP contribution in [0.2, 0.25) is 0 Å². The second-order valence-electron chi connectivity index (χ2n) is 7.54. The molecule has 1 atom stereocenters. The van der Waals surface area contributed by atoms with Crippen molar-refractivity contribution in [2.75, 3.05) is 6.61 Å². The highest BCUT2D eigenvalue weighted by atomic mass is 16.9. The zero-order valence-corrected chi connectivity index (χ0v) is 17.1. The Morgan fingerprint density at radius 1 is 0.708 bits per heavy atom. The average Bonchev–Trinajstić information content (AvgIpc) is 2.44. The van der Waals surface area contributed by atoms with E-state index in [1.54, 1.807) is 0 Å². The summed E-state index contributed by atoms with van der Waals surface area (Å²) in [6, 6.07) is 0.